The number of halogens is 1. The van der Waals surface area contributed by atoms with E-state index in [-0.39, 0.29) is 35.9 Å². The molecule has 3 aliphatic rings. The fraction of sp³-hybridized carbons (Fsp3) is 0.429. The Bertz CT molecular complexity index is 560. The van der Waals surface area contributed by atoms with Gasteiger partial charge in [-0.25, -0.2) is 9.29 Å². The predicted octanol–water partition coefficient (Wildman–Crippen LogP) is 1.49. The van der Waals surface area contributed by atoms with Gasteiger partial charge in [-0.2, -0.15) is 0 Å². The highest BCUT2D eigenvalue weighted by atomic mass is 19.1. The number of ether oxygens (including phenoxy) is 1. The van der Waals surface area contributed by atoms with Crippen molar-refractivity contribution in [3.8, 4) is 0 Å². The smallest absolute Gasteiger partial charge is 0.240 e. The van der Waals surface area contributed by atoms with E-state index in [0.29, 0.717) is 5.69 Å². The van der Waals surface area contributed by atoms with Gasteiger partial charge in [-0.15, -0.1) is 0 Å². The Kier molecular flexibility index (Phi) is 2.12. The van der Waals surface area contributed by atoms with Crippen LogP contribution in [0.3, 0.4) is 0 Å². The van der Waals surface area contributed by atoms with Crippen molar-refractivity contribution in [3.63, 3.8) is 0 Å². The Morgan fingerprint density at radius 3 is 2.32 bits per heavy atom. The molecule has 0 saturated carbocycles. The van der Waals surface area contributed by atoms with Crippen LogP contribution in [-0.4, -0.2) is 24.0 Å². The van der Waals surface area contributed by atoms with Gasteiger partial charge < -0.3 is 4.74 Å². The van der Waals surface area contributed by atoms with Crippen molar-refractivity contribution in [2.75, 3.05) is 4.90 Å². The largest absolute Gasteiger partial charge is 0.373 e. The first-order valence-corrected chi connectivity index (χ1v) is 6.45. The van der Waals surface area contributed by atoms with Gasteiger partial charge in [-0.1, -0.05) is 6.07 Å². The zero-order valence-corrected chi connectivity index (χ0v) is 10.1. The number of imide groups is 1. The van der Waals surface area contributed by atoms with Crippen LogP contribution in [0.25, 0.3) is 0 Å². The Morgan fingerprint density at radius 2 is 1.74 bits per heavy atom. The number of amides is 2. The molecule has 2 bridgehead atoms. The molecule has 5 heteroatoms. The highest BCUT2D eigenvalue weighted by molar-refractivity contribution is 6.22. The molecule has 3 saturated heterocycles. The van der Waals surface area contributed by atoms with Crippen LogP contribution in [0, 0.1) is 17.7 Å². The van der Waals surface area contributed by atoms with Crippen molar-refractivity contribution in [2.45, 2.75) is 25.0 Å². The van der Waals surface area contributed by atoms with Gasteiger partial charge in [0, 0.05) is 0 Å². The summed E-state index contributed by atoms with van der Waals surface area (Å²) in [5.74, 6) is -1.67. The van der Waals surface area contributed by atoms with Crippen LogP contribution in [-0.2, 0) is 14.3 Å². The van der Waals surface area contributed by atoms with Gasteiger partial charge in [0.15, 0.2) is 0 Å². The van der Waals surface area contributed by atoms with Crippen molar-refractivity contribution in [2.24, 2.45) is 11.8 Å². The number of fused-ring (bicyclic) bond motifs is 5. The van der Waals surface area contributed by atoms with E-state index in [2.05, 4.69) is 0 Å². The average Bonchev–Trinajstić information content (AvgIpc) is 3.04. The minimum atomic E-state index is -0.450. The minimum Gasteiger partial charge on any atom is -0.373 e. The number of carbonyl (C=O) groups excluding carboxylic acids is 2. The normalized spacial score (nSPS) is 36.2. The Labute approximate surface area is 109 Å². The topological polar surface area (TPSA) is 46.6 Å². The van der Waals surface area contributed by atoms with E-state index in [1.165, 1.54) is 18.2 Å². The number of anilines is 1. The van der Waals surface area contributed by atoms with Gasteiger partial charge in [-0.3, -0.25) is 9.59 Å². The van der Waals surface area contributed by atoms with Gasteiger partial charge >= 0.3 is 0 Å². The predicted molar refractivity (Wildman–Crippen MR) is 63.8 cm³/mol. The van der Waals surface area contributed by atoms with Gasteiger partial charge in [-0.05, 0) is 31.0 Å². The summed E-state index contributed by atoms with van der Waals surface area (Å²) in [4.78, 5) is 25.9. The molecular weight excluding hydrogens is 249 g/mol. The number of carbonyl (C=O) groups is 2. The molecule has 98 valence electrons. The molecule has 4 rings (SSSR count). The van der Waals surface area contributed by atoms with E-state index in [9.17, 15) is 14.0 Å². The second kappa shape index (κ2) is 3.63. The van der Waals surface area contributed by atoms with Gasteiger partial charge in [0.05, 0.1) is 29.7 Å². The maximum absolute atomic E-state index is 13.3. The maximum Gasteiger partial charge on any atom is 0.240 e. The van der Waals surface area contributed by atoms with Crippen LogP contribution < -0.4 is 4.90 Å². The molecule has 3 aliphatic heterocycles. The lowest BCUT2D eigenvalue weighted by atomic mass is 9.81. The third kappa shape index (κ3) is 1.36. The van der Waals surface area contributed by atoms with Crippen LogP contribution in [0.4, 0.5) is 10.1 Å². The molecule has 2 unspecified atom stereocenters. The molecule has 0 N–H and O–H groups in total. The minimum absolute atomic E-state index is 0.134. The lowest BCUT2D eigenvalue weighted by Crippen LogP contribution is -2.34. The fourth-order valence-corrected chi connectivity index (χ4v) is 3.58. The number of rotatable bonds is 1. The van der Waals surface area contributed by atoms with Crippen LogP contribution in [0.1, 0.15) is 12.8 Å². The third-order valence-corrected chi connectivity index (χ3v) is 4.35. The summed E-state index contributed by atoms with van der Waals surface area (Å²) in [6.45, 7) is 0. The van der Waals surface area contributed by atoms with Crippen molar-refractivity contribution < 1.29 is 18.7 Å². The molecular formula is C14H12FNO3. The summed E-state index contributed by atoms with van der Waals surface area (Å²) >= 11 is 0. The Balaban J connectivity index is 1.75. The molecule has 1 aromatic rings. The molecule has 2 amide bonds. The number of hydrogen-bond acceptors (Lipinski definition) is 3. The van der Waals surface area contributed by atoms with E-state index >= 15 is 0 Å². The second-order valence-corrected chi connectivity index (χ2v) is 5.33. The maximum atomic E-state index is 13.3. The first-order chi connectivity index (χ1) is 9.16. The molecule has 0 aliphatic carbocycles. The van der Waals surface area contributed by atoms with Gasteiger partial charge in [0.1, 0.15) is 5.82 Å². The standard InChI is InChI=1S/C14H12FNO3/c15-7-2-1-3-8(6-7)16-13(17)11-9-4-5-10(19-9)12(11)14(16)18/h1-3,6,9-12H,4-5H2/t9?,10?,11-,12+. The Hall–Kier alpha value is -1.75. The summed E-state index contributed by atoms with van der Waals surface area (Å²) in [7, 11) is 0. The van der Waals surface area contributed by atoms with Crippen molar-refractivity contribution in [1.82, 2.24) is 0 Å². The second-order valence-electron chi connectivity index (χ2n) is 5.33. The van der Waals surface area contributed by atoms with Crippen LogP contribution >= 0.6 is 0 Å². The van der Waals surface area contributed by atoms with Crippen LogP contribution in [0.15, 0.2) is 24.3 Å². The average molecular weight is 261 g/mol. The summed E-state index contributed by atoms with van der Waals surface area (Å²) in [6, 6.07) is 5.61. The highest BCUT2D eigenvalue weighted by Gasteiger charge is 2.62. The lowest BCUT2D eigenvalue weighted by molar-refractivity contribution is -0.124. The van der Waals surface area contributed by atoms with Gasteiger partial charge in [0.25, 0.3) is 0 Å². The zero-order chi connectivity index (χ0) is 13.1. The first-order valence-electron chi connectivity index (χ1n) is 6.45. The van der Waals surface area contributed by atoms with E-state index in [1.54, 1.807) is 6.07 Å². The Morgan fingerprint density at radius 1 is 1.11 bits per heavy atom. The molecule has 0 aromatic heterocycles. The van der Waals surface area contributed by atoms with E-state index < -0.39 is 5.82 Å². The fourth-order valence-electron chi connectivity index (χ4n) is 3.58. The third-order valence-electron chi connectivity index (χ3n) is 4.35. The monoisotopic (exact) mass is 261 g/mol. The number of nitrogens with zero attached hydrogens (tertiary/aromatic N) is 1. The van der Waals surface area contributed by atoms with Crippen molar-refractivity contribution in [1.29, 1.82) is 0 Å². The molecule has 19 heavy (non-hydrogen) atoms. The van der Waals surface area contributed by atoms with Crippen LogP contribution in [0.2, 0.25) is 0 Å². The highest BCUT2D eigenvalue weighted by Crippen LogP contribution is 2.49. The zero-order valence-electron chi connectivity index (χ0n) is 10.1. The van der Waals surface area contributed by atoms with Crippen molar-refractivity contribution >= 4 is 17.5 Å². The van der Waals surface area contributed by atoms with Crippen molar-refractivity contribution in [3.05, 3.63) is 30.1 Å². The molecule has 3 heterocycles. The summed E-state index contributed by atoms with van der Waals surface area (Å²) < 4.78 is 18.9. The molecule has 4 nitrogen and oxygen atoms in total. The van der Waals surface area contributed by atoms with Crippen LogP contribution in [0.5, 0.6) is 0 Å². The quantitative estimate of drug-likeness (QED) is 0.720. The number of benzene rings is 1. The van der Waals surface area contributed by atoms with E-state index in [0.717, 1.165) is 17.7 Å². The molecule has 3 fully saturated rings. The SMILES string of the molecule is O=C1[C@@H]2C3CCC(O3)[C@@H]2C(=O)N1c1cccc(F)c1. The van der Waals surface area contributed by atoms with E-state index in [1.807, 2.05) is 0 Å². The lowest BCUT2D eigenvalue weighted by Gasteiger charge is -2.17. The van der Waals surface area contributed by atoms with E-state index in [4.69, 9.17) is 4.74 Å². The molecule has 1 aromatic carbocycles. The molecule has 0 radical (unpaired) electrons. The summed E-state index contributed by atoms with van der Waals surface area (Å²) in [5, 5.41) is 0. The van der Waals surface area contributed by atoms with Gasteiger partial charge in [0.2, 0.25) is 11.8 Å². The summed E-state index contributed by atoms with van der Waals surface area (Å²) in [5.41, 5.74) is 0.323. The first kappa shape index (κ1) is 11.1. The molecule has 4 atom stereocenters. The number of hydrogen-bond donors (Lipinski definition) is 0. The molecule has 0 spiro atoms. The summed E-state index contributed by atoms with van der Waals surface area (Å²) in [6.07, 6.45) is 1.40.